The highest BCUT2D eigenvalue weighted by atomic mass is 35.5. The van der Waals surface area contributed by atoms with Crippen molar-refractivity contribution >= 4 is 11.6 Å². The second-order valence-corrected chi connectivity index (χ2v) is 2.53. The van der Waals surface area contributed by atoms with Gasteiger partial charge in [-0.2, -0.15) is 0 Å². The highest BCUT2D eigenvalue weighted by molar-refractivity contribution is 6.32. The van der Waals surface area contributed by atoms with E-state index in [0.717, 1.165) is 0 Å². The third-order valence-electron chi connectivity index (χ3n) is 1.39. The Hall–Kier alpha value is -0.960. The number of ether oxygens (including phenoxy) is 2. The predicted octanol–water partition coefficient (Wildman–Crippen LogP) is 2.21. The zero-order valence-electron chi connectivity index (χ0n) is 5.43. The molecular weight excluding hydrogens is 171 g/mol. The van der Waals surface area contributed by atoms with Crippen LogP contribution in [0.2, 0.25) is 5.02 Å². The lowest BCUT2D eigenvalue weighted by atomic mass is 10.3. The number of benzene rings is 1. The van der Waals surface area contributed by atoms with Crippen molar-refractivity contribution in [3.05, 3.63) is 23.0 Å². The molecule has 0 spiro atoms. The van der Waals surface area contributed by atoms with Gasteiger partial charge in [-0.3, -0.25) is 0 Å². The van der Waals surface area contributed by atoms with Gasteiger partial charge in [0.25, 0.3) is 0 Å². The Labute approximate surface area is 67.5 Å². The third-order valence-corrected chi connectivity index (χ3v) is 1.67. The van der Waals surface area contributed by atoms with Crippen LogP contribution in [0.25, 0.3) is 0 Å². The monoisotopic (exact) mass is 174 g/mol. The van der Waals surface area contributed by atoms with Crippen molar-refractivity contribution in [1.82, 2.24) is 0 Å². The minimum absolute atomic E-state index is 0.110. The van der Waals surface area contributed by atoms with E-state index in [1.54, 1.807) is 0 Å². The van der Waals surface area contributed by atoms with Crippen molar-refractivity contribution in [3.8, 4) is 11.5 Å². The minimum atomic E-state index is -0.417. The molecule has 0 N–H and O–H groups in total. The van der Waals surface area contributed by atoms with Crippen molar-refractivity contribution in [2.75, 3.05) is 6.79 Å². The first kappa shape index (κ1) is 6.73. The Bertz CT molecular complexity index is 301. The molecule has 1 aromatic rings. The second-order valence-electron chi connectivity index (χ2n) is 2.12. The van der Waals surface area contributed by atoms with Gasteiger partial charge in [-0.1, -0.05) is 11.6 Å². The Morgan fingerprint density at radius 1 is 1.36 bits per heavy atom. The van der Waals surface area contributed by atoms with Gasteiger partial charge in [-0.15, -0.1) is 0 Å². The summed E-state index contributed by atoms with van der Waals surface area (Å²) in [5.41, 5.74) is 0. The molecule has 0 amide bonds. The lowest BCUT2D eigenvalue weighted by Gasteiger charge is -1.97. The first-order chi connectivity index (χ1) is 5.27. The Morgan fingerprint density at radius 2 is 2.18 bits per heavy atom. The molecule has 0 radical (unpaired) electrons. The fraction of sp³-hybridized carbons (Fsp3) is 0.143. The summed E-state index contributed by atoms with van der Waals surface area (Å²) in [5.74, 6) is 0.377. The van der Waals surface area contributed by atoms with Crippen LogP contribution in [0.5, 0.6) is 11.5 Å². The highest BCUT2D eigenvalue weighted by Gasteiger charge is 2.17. The average Bonchev–Trinajstić information content (AvgIpc) is 2.34. The van der Waals surface area contributed by atoms with E-state index in [-0.39, 0.29) is 11.8 Å². The van der Waals surface area contributed by atoms with Crippen molar-refractivity contribution in [2.45, 2.75) is 0 Å². The van der Waals surface area contributed by atoms with Gasteiger partial charge in [0.1, 0.15) is 5.82 Å². The number of rotatable bonds is 0. The first-order valence-electron chi connectivity index (χ1n) is 3.02. The number of fused-ring (bicyclic) bond motifs is 1. The maximum absolute atomic E-state index is 12.6. The molecular formula is C7H4ClFO2. The Balaban J connectivity index is 2.60. The molecule has 58 valence electrons. The Kier molecular flexibility index (Phi) is 1.39. The van der Waals surface area contributed by atoms with E-state index >= 15 is 0 Å². The SMILES string of the molecule is Fc1cc(Cl)c2c(c1)OCO2. The fourth-order valence-electron chi connectivity index (χ4n) is 0.936. The van der Waals surface area contributed by atoms with Gasteiger partial charge in [0, 0.05) is 6.07 Å². The van der Waals surface area contributed by atoms with E-state index in [1.807, 2.05) is 0 Å². The molecule has 0 fully saturated rings. The lowest BCUT2D eigenvalue weighted by molar-refractivity contribution is 0.174. The zero-order chi connectivity index (χ0) is 7.84. The predicted molar refractivity (Wildman–Crippen MR) is 37.5 cm³/mol. The minimum Gasteiger partial charge on any atom is -0.453 e. The van der Waals surface area contributed by atoms with Crippen LogP contribution in [0, 0.1) is 5.82 Å². The number of halogens is 2. The van der Waals surface area contributed by atoms with Crippen LogP contribution in [0.1, 0.15) is 0 Å². The van der Waals surface area contributed by atoms with Gasteiger partial charge >= 0.3 is 0 Å². The maximum atomic E-state index is 12.6. The van der Waals surface area contributed by atoms with Crippen LogP contribution in [0.4, 0.5) is 4.39 Å². The van der Waals surface area contributed by atoms with Gasteiger partial charge in [-0.25, -0.2) is 4.39 Å². The number of hydrogen-bond donors (Lipinski definition) is 0. The molecule has 0 aliphatic carbocycles. The zero-order valence-corrected chi connectivity index (χ0v) is 6.19. The first-order valence-corrected chi connectivity index (χ1v) is 3.40. The molecule has 1 heterocycles. The van der Waals surface area contributed by atoms with E-state index in [9.17, 15) is 4.39 Å². The third kappa shape index (κ3) is 1.01. The van der Waals surface area contributed by atoms with Crippen molar-refractivity contribution in [3.63, 3.8) is 0 Å². The van der Waals surface area contributed by atoms with Gasteiger partial charge in [0.15, 0.2) is 11.5 Å². The molecule has 0 saturated heterocycles. The molecule has 0 aromatic heterocycles. The normalized spacial score (nSPS) is 13.6. The van der Waals surface area contributed by atoms with Gasteiger partial charge in [0.2, 0.25) is 6.79 Å². The van der Waals surface area contributed by atoms with Crippen molar-refractivity contribution in [1.29, 1.82) is 0 Å². The fourth-order valence-corrected chi connectivity index (χ4v) is 1.19. The van der Waals surface area contributed by atoms with Gasteiger partial charge < -0.3 is 9.47 Å². The summed E-state index contributed by atoms with van der Waals surface area (Å²) in [5, 5.41) is 0.248. The van der Waals surface area contributed by atoms with Crippen LogP contribution in [-0.2, 0) is 0 Å². The van der Waals surface area contributed by atoms with E-state index in [4.69, 9.17) is 21.1 Å². The molecule has 2 rings (SSSR count). The molecule has 4 heteroatoms. The summed E-state index contributed by atoms with van der Waals surface area (Å²) in [6, 6.07) is 2.43. The van der Waals surface area contributed by atoms with Crippen molar-refractivity contribution < 1.29 is 13.9 Å². The maximum Gasteiger partial charge on any atom is 0.231 e. The van der Waals surface area contributed by atoms with Crippen LogP contribution in [0.15, 0.2) is 12.1 Å². The van der Waals surface area contributed by atoms with E-state index in [2.05, 4.69) is 0 Å². The molecule has 2 nitrogen and oxygen atoms in total. The summed E-state index contributed by atoms with van der Waals surface area (Å²) < 4.78 is 22.5. The quantitative estimate of drug-likeness (QED) is 0.601. The van der Waals surface area contributed by atoms with Gasteiger partial charge in [-0.05, 0) is 6.07 Å². The number of hydrogen-bond acceptors (Lipinski definition) is 2. The molecule has 0 atom stereocenters. The summed E-state index contributed by atoms with van der Waals surface area (Å²) in [6.07, 6.45) is 0. The molecule has 11 heavy (non-hydrogen) atoms. The second kappa shape index (κ2) is 2.27. The summed E-state index contributed by atoms with van der Waals surface area (Å²) >= 11 is 5.63. The molecule has 0 bridgehead atoms. The standard InChI is InChI=1S/C7H4ClFO2/c8-5-1-4(9)2-6-7(5)11-3-10-6/h1-2H,3H2. The lowest BCUT2D eigenvalue weighted by Crippen LogP contribution is -1.93. The summed E-state index contributed by atoms with van der Waals surface area (Å²) in [7, 11) is 0. The van der Waals surface area contributed by atoms with E-state index in [1.165, 1.54) is 12.1 Å². The Morgan fingerprint density at radius 3 is 3.00 bits per heavy atom. The smallest absolute Gasteiger partial charge is 0.231 e. The highest BCUT2D eigenvalue weighted by Crippen LogP contribution is 2.39. The largest absolute Gasteiger partial charge is 0.453 e. The molecule has 1 aliphatic rings. The van der Waals surface area contributed by atoms with E-state index < -0.39 is 5.82 Å². The molecule has 1 aliphatic heterocycles. The summed E-state index contributed by atoms with van der Waals surface area (Å²) in [4.78, 5) is 0. The molecule has 1 aromatic carbocycles. The van der Waals surface area contributed by atoms with E-state index in [0.29, 0.717) is 11.5 Å². The van der Waals surface area contributed by atoms with Crippen LogP contribution in [-0.4, -0.2) is 6.79 Å². The van der Waals surface area contributed by atoms with Crippen LogP contribution >= 0.6 is 11.6 Å². The van der Waals surface area contributed by atoms with Crippen molar-refractivity contribution in [2.24, 2.45) is 0 Å². The molecule has 0 saturated carbocycles. The van der Waals surface area contributed by atoms with Crippen LogP contribution in [0.3, 0.4) is 0 Å². The molecule has 0 unspecified atom stereocenters. The topological polar surface area (TPSA) is 18.5 Å². The average molecular weight is 175 g/mol. The van der Waals surface area contributed by atoms with Gasteiger partial charge in [0.05, 0.1) is 5.02 Å². The summed E-state index contributed by atoms with van der Waals surface area (Å²) in [6.45, 7) is 0.110. The van der Waals surface area contributed by atoms with Crippen LogP contribution < -0.4 is 9.47 Å².